The molecule has 5 heteroatoms. The first-order valence-electron chi connectivity index (χ1n) is 5.75. The van der Waals surface area contributed by atoms with Crippen molar-refractivity contribution >= 4 is 22.5 Å². The van der Waals surface area contributed by atoms with E-state index in [0.29, 0.717) is 11.8 Å². The lowest BCUT2D eigenvalue weighted by Gasteiger charge is -2.06. The highest BCUT2D eigenvalue weighted by molar-refractivity contribution is 6.29. The molecule has 0 spiro atoms. The predicted octanol–water partition coefficient (Wildman–Crippen LogP) is 3.26. The lowest BCUT2D eigenvalue weighted by molar-refractivity contribution is 0.301. The Bertz CT molecular complexity index is 700. The van der Waals surface area contributed by atoms with Crippen molar-refractivity contribution in [2.45, 2.75) is 6.61 Å². The fraction of sp³-hybridized carbons (Fsp3) is 0.0714. The second kappa shape index (κ2) is 5.20. The Kier molecular flexibility index (Phi) is 3.25. The number of ether oxygens (including phenoxy) is 1. The van der Waals surface area contributed by atoms with Gasteiger partial charge in [-0.25, -0.2) is 4.98 Å². The van der Waals surface area contributed by atoms with Crippen molar-refractivity contribution in [2.75, 3.05) is 0 Å². The van der Waals surface area contributed by atoms with Crippen molar-refractivity contribution in [3.63, 3.8) is 0 Å². The third-order valence-corrected chi connectivity index (χ3v) is 2.83. The van der Waals surface area contributed by atoms with E-state index in [1.165, 1.54) is 6.20 Å². The zero-order chi connectivity index (χ0) is 13.1. The lowest BCUT2D eigenvalue weighted by Crippen LogP contribution is -1.98. The summed E-state index contributed by atoms with van der Waals surface area (Å²) in [5, 5.41) is 1.46. The lowest BCUT2D eigenvalue weighted by atomic mass is 10.2. The van der Waals surface area contributed by atoms with Gasteiger partial charge < -0.3 is 4.74 Å². The van der Waals surface area contributed by atoms with Gasteiger partial charge in [0.05, 0.1) is 23.6 Å². The van der Waals surface area contributed by atoms with Gasteiger partial charge in [-0.05, 0) is 18.2 Å². The van der Waals surface area contributed by atoms with Crippen LogP contribution in [0.4, 0.5) is 0 Å². The Morgan fingerprint density at radius 3 is 2.84 bits per heavy atom. The van der Waals surface area contributed by atoms with Crippen molar-refractivity contribution < 1.29 is 4.74 Å². The second-order valence-corrected chi connectivity index (χ2v) is 4.36. The van der Waals surface area contributed by atoms with Gasteiger partial charge in [-0.3, -0.25) is 9.97 Å². The zero-order valence-corrected chi connectivity index (χ0v) is 10.7. The van der Waals surface area contributed by atoms with Gasteiger partial charge in [-0.2, -0.15) is 0 Å². The van der Waals surface area contributed by atoms with E-state index in [1.54, 1.807) is 12.4 Å². The normalized spacial score (nSPS) is 10.6. The SMILES string of the molecule is Clc1cnc(COc2ccc3cccnc3c2)cn1. The highest BCUT2D eigenvalue weighted by Crippen LogP contribution is 2.19. The van der Waals surface area contributed by atoms with Gasteiger partial charge in [-0.1, -0.05) is 17.7 Å². The Morgan fingerprint density at radius 2 is 2.00 bits per heavy atom. The standard InChI is InChI=1S/C14H10ClN3O/c15-14-8-17-11(7-18-14)9-19-12-4-3-10-2-1-5-16-13(10)6-12/h1-8H,9H2. The summed E-state index contributed by atoms with van der Waals surface area (Å²) in [5.41, 5.74) is 1.63. The number of halogens is 1. The number of hydrogen-bond donors (Lipinski definition) is 0. The smallest absolute Gasteiger partial charge is 0.147 e. The van der Waals surface area contributed by atoms with Crippen LogP contribution in [0.5, 0.6) is 5.75 Å². The summed E-state index contributed by atoms with van der Waals surface area (Å²) in [6, 6.07) is 9.71. The summed E-state index contributed by atoms with van der Waals surface area (Å²) in [7, 11) is 0. The number of fused-ring (bicyclic) bond motifs is 1. The zero-order valence-electron chi connectivity index (χ0n) is 9.95. The predicted molar refractivity (Wildman–Crippen MR) is 73.1 cm³/mol. The van der Waals surface area contributed by atoms with Crippen molar-refractivity contribution in [3.8, 4) is 5.75 Å². The first-order chi connectivity index (χ1) is 9.31. The second-order valence-electron chi connectivity index (χ2n) is 3.98. The fourth-order valence-electron chi connectivity index (χ4n) is 1.71. The van der Waals surface area contributed by atoms with Gasteiger partial charge in [-0.15, -0.1) is 0 Å². The van der Waals surface area contributed by atoms with E-state index in [2.05, 4.69) is 15.0 Å². The quantitative estimate of drug-likeness (QED) is 0.734. The van der Waals surface area contributed by atoms with Crippen molar-refractivity contribution in [1.29, 1.82) is 0 Å². The molecule has 19 heavy (non-hydrogen) atoms. The molecule has 0 radical (unpaired) electrons. The summed E-state index contributed by atoms with van der Waals surface area (Å²) in [5.74, 6) is 0.753. The molecule has 0 saturated carbocycles. The number of nitrogens with zero attached hydrogens (tertiary/aromatic N) is 3. The highest BCUT2D eigenvalue weighted by atomic mass is 35.5. The molecule has 1 aromatic carbocycles. The van der Waals surface area contributed by atoms with Crippen LogP contribution in [-0.2, 0) is 6.61 Å². The van der Waals surface area contributed by atoms with E-state index in [4.69, 9.17) is 16.3 Å². The van der Waals surface area contributed by atoms with Crippen LogP contribution in [0, 0.1) is 0 Å². The van der Waals surface area contributed by atoms with Crippen LogP contribution in [0.2, 0.25) is 5.15 Å². The molecular weight excluding hydrogens is 262 g/mol. The first-order valence-corrected chi connectivity index (χ1v) is 6.13. The van der Waals surface area contributed by atoms with Crippen LogP contribution in [0.1, 0.15) is 5.69 Å². The van der Waals surface area contributed by atoms with Crippen molar-refractivity contribution in [1.82, 2.24) is 15.0 Å². The first kappa shape index (κ1) is 11.9. The van der Waals surface area contributed by atoms with E-state index in [-0.39, 0.29) is 0 Å². The van der Waals surface area contributed by atoms with Gasteiger partial charge in [0.25, 0.3) is 0 Å². The largest absolute Gasteiger partial charge is 0.487 e. The van der Waals surface area contributed by atoms with Crippen molar-refractivity contribution in [2.24, 2.45) is 0 Å². The number of aromatic nitrogens is 3. The summed E-state index contributed by atoms with van der Waals surface area (Å²) in [4.78, 5) is 12.4. The summed E-state index contributed by atoms with van der Waals surface area (Å²) >= 11 is 5.67. The minimum absolute atomic E-state index is 0.350. The van der Waals surface area contributed by atoms with E-state index in [9.17, 15) is 0 Å². The van der Waals surface area contributed by atoms with Crippen LogP contribution in [-0.4, -0.2) is 15.0 Å². The fourth-order valence-corrected chi connectivity index (χ4v) is 1.80. The molecule has 3 rings (SSSR count). The molecule has 0 amide bonds. The Morgan fingerprint density at radius 1 is 1.05 bits per heavy atom. The Labute approximate surface area is 115 Å². The third kappa shape index (κ3) is 2.80. The molecule has 3 aromatic rings. The van der Waals surface area contributed by atoms with E-state index >= 15 is 0 Å². The number of rotatable bonds is 3. The van der Waals surface area contributed by atoms with Crippen LogP contribution in [0.15, 0.2) is 48.9 Å². The maximum atomic E-state index is 5.67. The van der Waals surface area contributed by atoms with Crippen molar-refractivity contribution in [3.05, 3.63) is 59.8 Å². The molecule has 4 nitrogen and oxygen atoms in total. The molecule has 2 aromatic heterocycles. The maximum absolute atomic E-state index is 5.67. The Hall–Kier alpha value is -2.20. The average Bonchev–Trinajstić information content (AvgIpc) is 2.46. The molecule has 94 valence electrons. The number of hydrogen-bond acceptors (Lipinski definition) is 4. The van der Waals surface area contributed by atoms with Gasteiger partial charge in [0.1, 0.15) is 17.5 Å². The van der Waals surface area contributed by atoms with Crippen LogP contribution >= 0.6 is 11.6 Å². The molecule has 0 aliphatic carbocycles. The average molecular weight is 272 g/mol. The van der Waals surface area contributed by atoms with Crippen LogP contribution < -0.4 is 4.74 Å². The topological polar surface area (TPSA) is 47.9 Å². The highest BCUT2D eigenvalue weighted by Gasteiger charge is 2.00. The molecule has 0 saturated heterocycles. The third-order valence-electron chi connectivity index (χ3n) is 2.64. The monoisotopic (exact) mass is 271 g/mol. The minimum Gasteiger partial charge on any atom is -0.487 e. The van der Waals surface area contributed by atoms with E-state index < -0.39 is 0 Å². The van der Waals surface area contributed by atoms with Gasteiger partial charge in [0, 0.05) is 17.6 Å². The summed E-state index contributed by atoms with van der Waals surface area (Å²) < 4.78 is 5.65. The van der Waals surface area contributed by atoms with Crippen LogP contribution in [0.25, 0.3) is 10.9 Å². The molecule has 2 heterocycles. The Balaban J connectivity index is 1.76. The molecular formula is C14H10ClN3O. The minimum atomic E-state index is 0.350. The number of benzene rings is 1. The number of pyridine rings is 1. The van der Waals surface area contributed by atoms with Gasteiger partial charge in [0.15, 0.2) is 0 Å². The molecule has 0 fully saturated rings. The molecule has 0 unspecified atom stereocenters. The molecule has 0 aliphatic rings. The van der Waals surface area contributed by atoms with E-state index in [1.807, 2.05) is 30.3 Å². The van der Waals surface area contributed by atoms with E-state index in [0.717, 1.165) is 22.3 Å². The molecule has 0 atom stereocenters. The summed E-state index contributed by atoms with van der Waals surface area (Å²) in [6.45, 7) is 0.350. The summed E-state index contributed by atoms with van der Waals surface area (Å²) in [6.07, 6.45) is 4.86. The molecule has 0 bridgehead atoms. The maximum Gasteiger partial charge on any atom is 0.147 e. The van der Waals surface area contributed by atoms with Gasteiger partial charge in [0.2, 0.25) is 0 Å². The van der Waals surface area contributed by atoms with Gasteiger partial charge >= 0.3 is 0 Å². The molecule has 0 aliphatic heterocycles. The molecule has 0 N–H and O–H groups in total. The van der Waals surface area contributed by atoms with Crippen LogP contribution in [0.3, 0.4) is 0 Å².